The number of nitrogens with one attached hydrogen (secondary N) is 2. The fourth-order valence-corrected chi connectivity index (χ4v) is 3.14. The van der Waals surface area contributed by atoms with E-state index in [4.69, 9.17) is 4.74 Å². The maximum atomic E-state index is 12.0. The average molecular weight is 298 g/mol. The second kappa shape index (κ2) is 7.64. The molecule has 0 aromatic rings. The number of rotatable bonds is 4. The molecule has 2 rings (SSSR count). The van der Waals surface area contributed by atoms with Crippen LogP contribution in [0, 0.1) is 5.41 Å². The third kappa shape index (κ3) is 4.59. The molecule has 0 radical (unpaired) electrons. The van der Waals surface area contributed by atoms with Crippen molar-refractivity contribution in [1.29, 1.82) is 0 Å². The molecule has 1 heterocycles. The first-order valence-electron chi connectivity index (χ1n) is 7.98. The monoisotopic (exact) mass is 298 g/mol. The van der Waals surface area contributed by atoms with Gasteiger partial charge in [-0.25, -0.2) is 4.79 Å². The van der Waals surface area contributed by atoms with E-state index < -0.39 is 11.4 Å². The molecule has 0 aromatic carbocycles. The summed E-state index contributed by atoms with van der Waals surface area (Å²) < 4.78 is 5.23. The first kappa shape index (κ1) is 16.1. The quantitative estimate of drug-likeness (QED) is 0.692. The van der Waals surface area contributed by atoms with E-state index >= 15 is 0 Å². The van der Waals surface area contributed by atoms with Gasteiger partial charge >= 0.3 is 12.0 Å². The number of hydrogen-bond donors (Lipinski definition) is 3. The molecule has 2 fully saturated rings. The molecular weight excluding hydrogens is 272 g/mol. The smallest absolute Gasteiger partial charge is 0.315 e. The lowest BCUT2D eigenvalue weighted by Crippen LogP contribution is -2.50. The van der Waals surface area contributed by atoms with Crippen LogP contribution < -0.4 is 10.6 Å². The van der Waals surface area contributed by atoms with E-state index in [1.54, 1.807) is 0 Å². The summed E-state index contributed by atoms with van der Waals surface area (Å²) in [5.74, 6) is -0.847. The van der Waals surface area contributed by atoms with Crippen LogP contribution in [0.4, 0.5) is 4.79 Å². The summed E-state index contributed by atoms with van der Waals surface area (Å²) in [4.78, 5) is 23.5. The van der Waals surface area contributed by atoms with Gasteiger partial charge in [0.15, 0.2) is 0 Å². The number of aliphatic carboxylic acids is 1. The molecule has 0 aromatic heterocycles. The van der Waals surface area contributed by atoms with Crippen molar-refractivity contribution >= 4 is 12.0 Å². The number of amides is 2. The van der Waals surface area contributed by atoms with Crippen molar-refractivity contribution < 1.29 is 19.4 Å². The predicted molar refractivity (Wildman–Crippen MR) is 78.1 cm³/mol. The van der Waals surface area contributed by atoms with E-state index in [1.807, 2.05) is 0 Å². The fourth-order valence-electron chi connectivity index (χ4n) is 3.14. The Morgan fingerprint density at radius 3 is 2.29 bits per heavy atom. The highest BCUT2D eigenvalue weighted by molar-refractivity contribution is 5.78. The molecular formula is C15H26N2O4. The van der Waals surface area contributed by atoms with Gasteiger partial charge < -0.3 is 20.5 Å². The van der Waals surface area contributed by atoms with Crippen LogP contribution in [-0.4, -0.2) is 42.9 Å². The Labute approximate surface area is 125 Å². The van der Waals surface area contributed by atoms with Gasteiger partial charge in [-0.3, -0.25) is 4.79 Å². The third-order valence-electron chi connectivity index (χ3n) is 4.68. The highest BCUT2D eigenvalue weighted by Gasteiger charge is 2.40. The van der Waals surface area contributed by atoms with Crippen LogP contribution in [0.5, 0.6) is 0 Å². The summed E-state index contributed by atoms with van der Waals surface area (Å²) in [6, 6.07) is -0.0167. The van der Waals surface area contributed by atoms with Crippen molar-refractivity contribution in [3.8, 4) is 0 Å². The number of carbonyl (C=O) groups excluding carboxylic acids is 1. The Hall–Kier alpha value is -1.30. The first-order chi connectivity index (χ1) is 10.1. The zero-order valence-electron chi connectivity index (χ0n) is 12.5. The third-order valence-corrected chi connectivity index (χ3v) is 4.68. The predicted octanol–water partition coefficient (Wildman–Crippen LogP) is 1.89. The van der Waals surface area contributed by atoms with Gasteiger partial charge in [0.2, 0.25) is 0 Å². The maximum absolute atomic E-state index is 12.0. The Balaban J connectivity index is 1.79. The second-order valence-electron chi connectivity index (χ2n) is 6.21. The van der Waals surface area contributed by atoms with Crippen LogP contribution in [-0.2, 0) is 9.53 Å². The number of carboxylic acids is 1. The highest BCUT2D eigenvalue weighted by atomic mass is 16.5. The largest absolute Gasteiger partial charge is 0.481 e. The first-order valence-corrected chi connectivity index (χ1v) is 7.98. The molecule has 1 aliphatic carbocycles. The molecule has 6 heteroatoms. The summed E-state index contributed by atoms with van der Waals surface area (Å²) >= 11 is 0. The second-order valence-corrected chi connectivity index (χ2v) is 6.21. The minimum Gasteiger partial charge on any atom is -0.481 e. The molecule has 0 unspecified atom stereocenters. The van der Waals surface area contributed by atoms with Crippen LogP contribution in [0.3, 0.4) is 0 Å². The Morgan fingerprint density at radius 1 is 1.10 bits per heavy atom. The molecule has 6 nitrogen and oxygen atoms in total. The Kier molecular flexibility index (Phi) is 5.85. The van der Waals surface area contributed by atoms with Gasteiger partial charge in [-0.15, -0.1) is 0 Å². The van der Waals surface area contributed by atoms with E-state index in [2.05, 4.69) is 10.6 Å². The Morgan fingerprint density at radius 2 is 1.71 bits per heavy atom. The maximum Gasteiger partial charge on any atom is 0.315 e. The number of carboxylic acid groups (broad SMARTS) is 1. The molecule has 21 heavy (non-hydrogen) atoms. The number of carbonyl (C=O) groups is 2. The van der Waals surface area contributed by atoms with Crippen LogP contribution in [0.25, 0.3) is 0 Å². The molecule has 1 aliphatic heterocycles. The normalized spacial score (nSPS) is 23.0. The van der Waals surface area contributed by atoms with Gasteiger partial charge in [0.05, 0.1) is 5.41 Å². The van der Waals surface area contributed by atoms with Crippen LogP contribution in [0.2, 0.25) is 0 Å². The van der Waals surface area contributed by atoms with Crippen molar-refractivity contribution in [2.24, 2.45) is 5.41 Å². The van der Waals surface area contributed by atoms with Crippen molar-refractivity contribution in [2.45, 2.75) is 57.4 Å². The minimum absolute atomic E-state index is 0.171. The average Bonchev–Trinajstić information content (AvgIpc) is 2.74. The molecule has 0 spiro atoms. The van der Waals surface area contributed by atoms with Crippen LogP contribution >= 0.6 is 0 Å². The molecule has 2 aliphatic rings. The van der Waals surface area contributed by atoms with Gasteiger partial charge in [0.25, 0.3) is 0 Å². The van der Waals surface area contributed by atoms with Crippen molar-refractivity contribution in [3.05, 3.63) is 0 Å². The topological polar surface area (TPSA) is 87.7 Å². The highest BCUT2D eigenvalue weighted by Crippen LogP contribution is 2.30. The van der Waals surface area contributed by atoms with Gasteiger partial charge in [-0.2, -0.15) is 0 Å². The number of ether oxygens (including phenoxy) is 1. The van der Waals surface area contributed by atoms with E-state index in [-0.39, 0.29) is 18.6 Å². The van der Waals surface area contributed by atoms with Gasteiger partial charge in [0, 0.05) is 25.8 Å². The molecule has 2 amide bonds. The van der Waals surface area contributed by atoms with E-state index in [0.29, 0.717) is 26.1 Å². The van der Waals surface area contributed by atoms with E-state index in [9.17, 15) is 14.7 Å². The number of urea groups is 1. The van der Waals surface area contributed by atoms with Gasteiger partial charge in [-0.05, 0) is 25.7 Å². The lowest BCUT2D eigenvalue weighted by atomic mass is 9.80. The van der Waals surface area contributed by atoms with Gasteiger partial charge in [-0.1, -0.05) is 25.7 Å². The fraction of sp³-hybridized carbons (Fsp3) is 0.867. The Bertz CT molecular complexity index is 359. The molecule has 120 valence electrons. The molecule has 1 saturated heterocycles. The van der Waals surface area contributed by atoms with E-state index in [0.717, 1.165) is 25.7 Å². The summed E-state index contributed by atoms with van der Waals surface area (Å²) in [6.45, 7) is 1.06. The molecule has 0 bridgehead atoms. The van der Waals surface area contributed by atoms with Crippen LogP contribution in [0.15, 0.2) is 0 Å². The zero-order valence-corrected chi connectivity index (χ0v) is 12.5. The standard InChI is InChI=1S/C15H26N2O4/c18-13(19)15(7-9-21-10-8-15)11-16-14(20)17-12-5-3-1-2-4-6-12/h12H,1-11H2,(H,18,19)(H2,16,17,20). The minimum atomic E-state index is -0.876. The van der Waals surface area contributed by atoms with Gasteiger partial charge in [0.1, 0.15) is 0 Å². The summed E-state index contributed by atoms with van der Waals surface area (Å²) in [6.07, 6.45) is 7.72. The summed E-state index contributed by atoms with van der Waals surface area (Å²) in [7, 11) is 0. The van der Waals surface area contributed by atoms with Crippen LogP contribution in [0.1, 0.15) is 51.4 Å². The summed E-state index contributed by atoms with van der Waals surface area (Å²) in [5.41, 5.74) is -0.876. The molecule has 1 saturated carbocycles. The SMILES string of the molecule is O=C(NCC1(C(=O)O)CCOCC1)NC1CCCCCC1. The van der Waals surface area contributed by atoms with Crippen molar-refractivity contribution in [3.63, 3.8) is 0 Å². The molecule has 3 N–H and O–H groups in total. The zero-order chi connectivity index (χ0) is 15.1. The lowest BCUT2D eigenvalue weighted by molar-refractivity contribution is -0.154. The lowest BCUT2D eigenvalue weighted by Gasteiger charge is -2.33. The van der Waals surface area contributed by atoms with Crippen molar-refractivity contribution in [1.82, 2.24) is 10.6 Å². The summed E-state index contributed by atoms with van der Waals surface area (Å²) in [5, 5.41) is 15.2. The van der Waals surface area contributed by atoms with E-state index in [1.165, 1.54) is 12.8 Å². The number of hydrogen-bond acceptors (Lipinski definition) is 3. The molecule has 0 atom stereocenters. The van der Waals surface area contributed by atoms with Crippen molar-refractivity contribution in [2.75, 3.05) is 19.8 Å².